The lowest BCUT2D eigenvalue weighted by Crippen LogP contribution is -2.47. The van der Waals surface area contributed by atoms with E-state index in [9.17, 15) is 0 Å². The molecule has 1 aromatic rings. The predicted molar refractivity (Wildman–Crippen MR) is 81.7 cm³/mol. The van der Waals surface area contributed by atoms with Gasteiger partial charge in [0.05, 0.1) is 12.1 Å². The molecule has 4 heteroatoms. The van der Waals surface area contributed by atoms with E-state index >= 15 is 0 Å². The maximum absolute atomic E-state index is 5.90. The Kier molecular flexibility index (Phi) is 4.78. The van der Waals surface area contributed by atoms with Gasteiger partial charge >= 0.3 is 0 Å². The summed E-state index contributed by atoms with van der Waals surface area (Å²) in [6.45, 7) is 2.61. The topological polar surface area (TPSA) is 21.7 Å². The zero-order valence-electron chi connectivity index (χ0n) is 11.8. The minimum atomic E-state index is 0.258. The van der Waals surface area contributed by atoms with Gasteiger partial charge in [0.25, 0.3) is 0 Å². The van der Waals surface area contributed by atoms with Crippen LogP contribution in [-0.2, 0) is 9.47 Å². The highest BCUT2D eigenvalue weighted by atomic mass is 32.2. The zero-order chi connectivity index (χ0) is 13.8. The highest BCUT2D eigenvalue weighted by Crippen LogP contribution is 2.39. The first-order chi connectivity index (χ1) is 9.88. The van der Waals surface area contributed by atoms with Crippen molar-refractivity contribution in [2.45, 2.75) is 29.9 Å². The quantitative estimate of drug-likeness (QED) is 0.777. The van der Waals surface area contributed by atoms with Crippen molar-refractivity contribution in [3.63, 3.8) is 0 Å². The molecule has 0 unspecified atom stereocenters. The van der Waals surface area contributed by atoms with Crippen LogP contribution in [0, 0.1) is 0 Å². The predicted octanol–water partition coefficient (Wildman–Crippen LogP) is 3.13. The highest BCUT2D eigenvalue weighted by molar-refractivity contribution is 8.03. The number of ether oxygens (including phenoxy) is 2. The first kappa shape index (κ1) is 14.1. The maximum Gasteiger partial charge on any atom is 0.146 e. The average molecular weight is 291 g/mol. The fraction of sp³-hybridized carbons (Fsp3) is 0.500. The maximum atomic E-state index is 5.90. The minimum Gasteiger partial charge on any atom is -0.359 e. The molecule has 3 nitrogen and oxygen atoms in total. The second-order valence-corrected chi connectivity index (χ2v) is 6.36. The summed E-state index contributed by atoms with van der Waals surface area (Å²) in [4.78, 5) is 5.25. The summed E-state index contributed by atoms with van der Waals surface area (Å²) in [5.41, 5.74) is 0. The Balaban J connectivity index is 1.71. The molecule has 108 valence electrons. The molecule has 20 heavy (non-hydrogen) atoms. The molecule has 2 heterocycles. The molecule has 0 radical (unpaired) electrons. The number of piperidine rings is 1. The van der Waals surface area contributed by atoms with Crippen molar-refractivity contribution in [1.29, 1.82) is 0 Å². The first-order valence-electron chi connectivity index (χ1n) is 7.16. The van der Waals surface area contributed by atoms with Crippen LogP contribution in [0.15, 0.2) is 46.2 Å². The lowest BCUT2D eigenvalue weighted by Gasteiger charge is -2.37. The molecule has 1 aromatic carbocycles. The third-order valence-electron chi connectivity index (χ3n) is 3.88. The summed E-state index contributed by atoms with van der Waals surface area (Å²) < 4.78 is 11.0. The summed E-state index contributed by atoms with van der Waals surface area (Å²) in [6, 6.07) is 11.0. The van der Waals surface area contributed by atoms with Crippen LogP contribution in [0.25, 0.3) is 0 Å². The molecule has 0 aromatic heterocycles. The van der Waals surface area contributed by atoms with E-state index in [2.05, 4.69) is 41.3 Å². The fourth-order valence-corrected chi connectivity index (χ4v) is 4.13. The standard InChI is InChI=1S/C16H21NO2S/c1-18-12-19-14-8-5-10-17-11-9-15(16(14)17)20-13-6-3-2-4-7-13/h2-4,6-7,9,14,16H,5,8,10-12H2,1H3/t14-,16-/m0/s1. The van der Waals surface area contributed by atoms with E-state index in [-0.39, 0.29) is 6.10 Å². The summed E-state index contributed by atoms with van der Waals surface area (Å²) in [7, 11) is 1.69. The highest BCUT2D eigenvalue weighted by Gasteiger charge is 2.37. The van der Waals surface area contributed by atoms with Gasteiger partial charge in [0.15, 0.2) is 0 Å². The number of fused-ring (bicyclic) bond motifs is 1. The summed E-state index contributed by atoms with van der Waals surface area (Å²) in [5.74, 6) is 0. The number of nitrogens with zero attached hydrogens (tertiary/aromatic N) is 1. The second kappa shape index (κ2) is 6.76. The molecular weight excluding hydrogens is 270 g/mol. The van der Waals surface area contributed by atoms with Crippen LogP contribution >= 0.6 is 11.8 Å². The third kappa shape index (κ3) is 3.09. The minimum absolute atomic E-state index is 0.258. The van der Waals surface area contributed by atoms with Gasteiger partial charge in [0, 0.05) is 23.5 Å². The van der Waals surface area contributed by atoms with Gasteiger partial charge in [-0.2, -0.15) is 0 Å². The van der Waals surface area contributed by atoms with Crippen molar-refractivity contribution in [3.8, 4) is 0 Å². The van der Waals surface area contributed by atoms with Gasteiger partial charge in [-0.25, -0.2) is 0 Å². The van der Waals surface area contributed by atoms with Crippen LogP contribution in [0.1, 0.15) is 12.8 Å². The van der Waals surface area contributed by atoms with Crippen molar-refractivity contribution >= 4 is 11.8 Å². The molecule has 0 spiro atoms. The lowest BCUT2D eigenvalue weighted by molar-refractivity contribution is -0.102. The van der Waals surface area contributed by atoms with Crippen LogP contribution in [0.2, 0.25) is 0 Å². The van der Waals surface area contributed by atoms with Gasteiger partial charge in [0.1, 0.15) is 6.79 Å². The normalized spacial score (nSPS) is 26.4. The number of benzene rings is 1. The van der Waals surface area contributed by atoms with Gasteiger partial charge in [-0.3, -0.25) is 4.90 Å². The molecule has 0 saturated carbocycles. The largest absolute Gasteiger partial charge is 0.359 e. The number of hydrogen-bond donors (Lipinski definition) is 0. The van der Waals surface area contributed by atoms with E-state index in [0.29, 0.717) is 12.8 Å². The molecule has 1 fully saturated rings. The van der Waals surface area contributed by atoms with Crippen molar-refractivity contribution in [3.05, 3.63) is 41.3 Å². The Morgan fingerprint density at radius 1 is 1.30 bits per heavy atom. The van der Waals surface area contributed by atoms with Crippen LogP contribution in [0.5, 0.6) is 0 Å². The molecule has 1 saturated heterocycles. The van der Waals surface area contributed by atoms with E-state index in [1.807, 2.05) is 11.8 Å². The first-order valence-corrected chi connectivity index (χ1v) is 7.97. The molecule has 0 aliphatic carbocycles. The Hall–Kier alpha value is -0.810. The Morgan fingerprint density at radius 2 is 2.15 bits per heavy atom. The van der Waals surface area contributed by atoms with Gasteiger partial charge in [-0.1, -0.05) is 36.0 Å². The molecule has 2 aliphatic heterocycles. The van der Waals surface area contributed by atoms with Crippen LogP contribution < -0.4 is 0 Å². The summed E-state index contributed by atoms with van der Waals surface area (Å²) in [5, 5.41) is 0. The van der Waals surface area contributed by atoms with Crippen molar-refractivity contribution in [2.24, 2.45) is 0 Å². The van der Waals surface area contributed by atoms with Crippen LogP contribution in [0.3, 0.4) is 0 Å². The van der Waals surface area contributed by atoms with Gasteiger partial charge < -0.3 is 9.47 Å². The Morgan fingerprint density at radius 3 is 2.95 bits per heavy atom. The molecule has 3 rings (SSSR count). The van der Waals surface area contributed by atoms with E-state index < -0.39 is 0 Å². The average Bonchev–Trinajstić information content (AvgIpc) is 2.90. The van der Waals surface area contributed by atoms with Crippen LogP contribution in [-0.4, -0.2) is 44.0 Å². The number of methoxy groups -OCH3 is 1. The van der Waals surface area contributed by atoms with Gasteiger partial charge in [-0.05, 0) is 31.5 Å². The molecule has 2 atom stereocenters. The number of thioether (sulfide) groups is 1. The molecule has 2 aliphatic rings. The molecule has 0 amide bonds. The smallest absolute Gasteiger partial charge is 0.146 e. The van der Waals surface area contributed by atoms with Crippen molar-refractivity contribution in [2.75, 3.05) is 27.0 Å². The van der Waals surface area contributed by atoms with E-state index in [0.717, 1.165) is 13.0 Å². The number of hydrogen-bond acceptors (Lipinski definition) is 4. The second-order valence-electron chi connectivity index (χ2n) is 5.22. The molecular formula is C16H21NO2S. The number of rotatable bonds is 5. The van der Waals surface area contributed by atoms with Crippen LogP contribution in [0.4, 0.5) is 0 Å². The Bertz CT molecular complexity index is 463. The Labute approximate surface area is 124 Å². The monoisotopic (exact) mass is 291 g/mol. The van der Waals surface area contributed by atoms with E-state index in [1.54, 1.807) is 7.11 Å². The van der Waals surface area contributed by atoms with Gasteiger partial charge in [-0.15, -0.1) is 0 Å². The summed E-state index contributed by atoms with van der Waals surface area (Å²) in [6.07, 6.45) is 4.95. The fourth-order valence-electron chi connectivity index (χ4n) is 2.98. The SMILES string of the molecule is COCO[C@H]1CCCN2CC=C(Sc3ccccc3)[C@H]12. The molecule has 0 N–H and O–H groups in total. The third-order valence-corrected chi connectivity index (χ3v) is 5.03. The lowest BCUT2D eigenvalue weighted by atomic mass is 10.0. The van der Waals surface area contributed by atoms with Crippen molar-refractivity contribution < 1.29 is 9.47 Å². The van der Waals surface area contributed by atoms with E-state index in [4.69, 9.17) is 9.47 Å². The molecule has 0 bridgehead atoms. The zero-order valence-corrected chi connectivity index (χ0v) is 12.6. The van der Waals surface area contributed by atoms with E-state index in [1.165, 1.54) is 22.8 Å². The summed E-state index contributed by atoms with van der Waals surface area (Å²) >= 11 is 1.87. The van der Waals surface area contributed by atoms with Crippen molar-refractivity contribution in [1.82, 2.24) is 4.90 Å². The van der Waals surface area contributed by atoms with Gasteiger partial charge in [0.2, 0.25) is 0 Å².